The Morgan fingerprint density at radius 1 is 1.36 bits per heavy atom. The van der Waals surface area contributed by atoms with Gasteiger partial charge < -0.3 is 12.3 Å². The van der Waals surface area contributed by atoms with Crippen LogP contribution in [0.25, 0.3) is 0 Å². The summed E-state index contributed by atoms with van der Waals surface area (Å²) < 4.78 is 25.2. The van der Waals surface area contributed by atoms with Crippen molar-refractivity contribution in [3.63, 3.8) is 0 Å². The van der Waals surface area contributed by atoms with E-state index < -0.39 is 10.3 Å². The largest absolute Gasteiger partial charge is 0.344 e. The molecule has 7 heteroatoms. The van der Waals surface area contributed by atoms with Crippen LogP contribution in [0.15, 0.2) is 12.2 Å². The molecule has 0 unspecified atom stereocenters. The monoisotopic (exact) mass is 187 g/mol. The molecule has 0 radical (unpaired) electrons. The predicted molar refractivity (Wildman–Crippen MR) is 46.3 cm³/mol. The molecular weight excluding hydrogens is 170 g/mol. The third-order valence-electron chi connectivity index (χ3n) is 0. The van der Waals surface area contributed by atoms with Crippen molar-refractivity contribution >= 4 is 10.3 Å². The summed E-state index contributed by atoms with van der Waals surface area (Å²) in [6.07, 6.45) is 0. The molecule has 0 bridgehead atoms. The molecular formula is C4H17N3O3S. The Hall–Kier alpha value is -0.470. The van der Waals surface area contributed by atoms with E-state index in [4.69, 9.17) is 13.0 Å². The molecule has 0 saturated heterocycles. The topological polar surface area (TPSA) is 150 Å². The molecule has 11 heavy (non-hydrogen) atoms. The van der Waals surface area contributed by atoms with Crippen LogP contribution in [0.1, 0.15) is 13.8 Å². The fraction of sp³-hybridized carbons (Fsp3) is 0.500. The summed E-state index contributed by atoms with van der Waals surface area (Å²) in [5.41, 5.74) is 1.17. The number of nitrogens with two attached hydrogens (primary N) is 1. The first-order chi connectivity index (χ1) is 3.73. The maximum Gasteiger partial charge on any atom is 0.330 e. The van der Waals surface area contributed by atoms with E-state index in [-0.39, 0.29) is 12.3 Å². The summed E-state index contributed by atoms with van der Waals surface area (Å²) in [6.45, 7) is 7.50. The molecule has 0 aliphatic carbocycles. The third kappa shape index (κ3) is 2450. The predicted octanol–water partition coefficient (Wildman–Crippen LogP) is 0.654. The lowest BCUT2D eigenvalue weighted by Crippen LogP contribution is -2.08. The summed E-state index contributed by atoms with van der Waals surface area (Å²) in [6, 6.07) is 0. The summed E-state index contributed by atoms with van der Waals surface area (Å²) in [7, 11) is -4.17. The Morgan fingerprint density at radius 2 is 1.36 bits per heavy atom. The summed E-state index contributed by atoms with van der Waals surface area (Å²) in [5.74, 6) is 0. The van der Waals surface area contributed by atoms with E-state index in [1.54, 1.807) is 0 Å². The molecule has 0 heterocycles. The van der Waals surface area contributed by atoms with E-state index >= 15 is 0 Å². The zero-order valence-corrected chi connectivity index (χ0v) is 7.69. The minimum Gasteiger partial charge on any atom is -0.344 e. The second-order valence-corrected chi connectivity index (χ2v) is 2.75. The van der Waals surface area contributed by atoms with Crippen molar-refractivity contribution in [3.8, 4) is 0 Å². The molecule has 0 aromatic carbocycles. The van der Waals surface area contributed by atoms with E-state index in [1.807, 2.05) is 13.8 Å². The SMILES string of the molecule is C=C(C)C.N.N.NS(=O)(=O)O. The first-order valence-corrected chi connectivity index (χ1v) is 3.61. The Kier molecular flexibility index (Phi) is 19.4. The zero-order valence-electron chi connectivity index (χ0n) is 6.87. The third-order valence-corrected chi connectivity index (χ3v) is 0. The lowest BCUT2D eigenvalue weighted by molar-refractivity contribution is 0.485. The van der Waals surface area contributed by atoms with E-state index in [0.29, 0.717) is 0 Å². The van der Waals surface area contributed by atoms with E-state index in [0.717, 1.165) is 0 Å². The molecule has 0 fully saturated rings. The molecule has 0 aliphatic rings. The van der Waals surface area contributed by atoms with Crippen LogP contribution in [0, 0.1) is 0 Å². The Balaban J connectivity index is -0.0000000383. The van der Waals surface area contributed by atoms with Crippen LogP contribution in [-0.4, -0.2) is 13.0 Å². The minimum atomic E-state index is -4.17. The molecule has 0 atom stereocenters. The first-order valence-electron chi connectivity index (χ1n) is 2.11. The van der Waals surface area contributed by atoms with Gasteiger partial charge in [-0.2, -0.15) is 8.42 Å². The Labute approximate surface area is 67.5 Å². The standard InChI is InChI=1S/C4H8.H3NO3S.2H3N/c1-4(2)3;1-5(2,3)4;;/h1H2,2-3H3;(H3,1,2,3,4);2*1H3. The molecule has 0 amide bonds. The first kappa shape index (κ1) is 22.4. The molecule has 6 nitrogen and oxygen atoms in total. The number of allylic oxidation sites excluding steroid dienone is 1. The number of hydrogen-bond acceptors (Lipinski definition) is 4. The van der Waals surface area contributed by atoms with Gasteiger partial charge in [-0.1, -0.05) is 5.57 Å². The molecule has 72 valence electrons. The van der Waals surface area contributed by atoms with Crippen LogP contribution >= 0.6 is 0 Å². The molecule has 0 aromatic rings. The Morgan fingerprint density at radius 3 is 1.36 bits per heavy atom. The summed E-state index contributed by atoms with van der Waals surface area (Å²) >= 11 is 0. The fourth-order valence-electron chi connectivity index (χ4n) is 0. The zero-order chi connectivity index (χ0) is 8.08. The average molecular weight is 187 g/mol. The summed E-state index contributed by atoms with van der Waals surface area (Å²) in [5, 5.41) is 3.88. The van der Waals surface area contributed by atoms with E-state index in [2.05, 4.69) is 11.7 Å². The quantitative estimate of drug-likeness (QED) is 0.324. The smallest absolute Gasteiger partial charge is 0.330 e. The van der Waals surface area contributed by atoms with Gasteiger partial charge >= 0.3 is 10.3 Å². The minimum absolute atomic E-state index is 0. The van der Waals surface area contributed by atoms with Crippen molar-refractivity contribution in [1.82, 2.24) is 12.3 Å². The maximum absolute atomic E-state index is 8.97. The van der Waals surface area contributed by atoms with Crippen molar-refractivity contribution in [1.29, 1.82) is 0 Å². The lowest BCUT2D eigenvalue weighted by atomic mass is 10.4. The highest BCUT2D eigenvalue weighted by Gasteiger charge is 1.81. The van der Waals surface area contributed by atoms with Crippen LogP contribution in [0.4, 0.5) is 0 Å². The number of hydrogen-bond donors (Lipinski definition) is 4. The van der Waals surface area contributed by atoms with E-state index in [1.165, 1.54) is 5.57 Å². The van der Waals surface area contributed by atoms with Crippen LogP contribution in [0.5, 0.6) is 0 Å². The van der Waals surface area contributed by atoms with Crippen molar-refractivity contribution in [2.75, 3.05) is 0 Å². The van der Waals surface area contributed by atoms with Gasteiger partial charge in [0.1, 0.15) is 0 Å². The lowest BCUT2D eigenvalue weighted by Gasteiger charge is -1.70. The van der Waals surface area contributed by atoms with Gasteiger partial charge in [0.05, 0.1) is 0 Å². The van der Waals surface area contributed by atoms with Gasteiger partial charge in [0, 0.05) is 0 Å². The highest BCUT2D eigenvalue weighted by Crippen LogP contribution is 1.73. The molecule has 0 saturated carbocycles. The van der Waals surface area contributed by atoms with Crippen molar-refractivity contribution in [2.45, 2.75) is 13.8 Å². The van der Waals surface area contributed by atoms with Gasteiger partial charge in [-0.05, 0) is 13.8 Å². The molecule has 0 rings (SSSR count). The van der Waals surface area contributed by atoms with Crippen molar-refractivity contribution in [2.24, 2.45) is 5.14 Å². The summed E-state index contributed by atoms with van der Waals surface area (Å²) in [4.78, 5) is 0. The molecule has 0 spiro atoms. The van der Waals surface area contributed by atoms with Gasteiger partial charge in [0.2, 0.25) is 0 Å². The highest BCUT2D eigenvalue weighted by atomic mass is 32.2. The van der Waals surface area contributed by atoms with Crippen LogP contribution in [0.3, 0.4) is 0 Å². The molecule has 9 N–H and O–H groups in total. The van der Waals surface area contributed by atoms with Gasteiger partial charge in [-0.3, -0.25) is 4.55 Å². The number of rotatable bonds is 0. The highest BCUT2D eigenvalue weighted by molar-refractivity contribution is 7.83. The average Bonchev–Trinajstić information content (AvgIpc) is 1.19. The van der Waals surface area contributed by atoms with Gasteiger partial charge in [-0.25, -0.2) is 5.14 Å². The second kappa shape index (κ2) is 9.53. The maximum atomic E-state index is 8.97. The van der Waals surface area contributed by atoms with E-state index in [9.17, 15) is 0 Å². The second-order valence-electron chi connectivity index (χ2n) is 1.72. The molecule has 0 aliphatic heterocycles. The van der Waals surface area contributed by atoms with Crippen LogP contribution < -0.4 is 17.4 Å². The van der Waals surface area contributed by atoms with Crippen LogP contribution in [0.2, 0.25) is 0 Å². The normalized spacial score (nSPS) is 7.64. The van der Waals surface area contributed by atoms with Gasteiger partial charge in [0.25, 0.3) is 0 Å². The van der Waals surface area contributed by atoms with Crippen LogP contribution in [-0.2, 0) is 10.3 Å². The van der Waals surface area contributed by atoms with Gasteiger partial charge in [-0.15, -0.1) is 6.58 Å². The van der Waals surface area contributed by atoms with Crippen molar-refractivity contribution < 1.29 is 13.0 Å². The fourth-order valence-corrected chi connectivity index (χ4v) is 0. The van der Waals surface area contributed by atoms with Gasteiger partial charge in [0.15, 0.2) is 0 Å². The van der Waals surface area contributed by atoms with Crippen molar-refractivity contribution in [3.05, 3.63) is 12.2 Å². The Bertz CT molecular complexity index is 163. The molecule has 0 aromatic heterocycles.